The SMILES string of the molecule is COCCOc1cncc(C2CNCCN2C)c1. The Hall–Kier alpha value is -1.17. The van der Waals surface area contributed by atoms with Crippen molar-refractivity contribution in [3.63, 3.8) is 0 Å². The van der Waals surface area contributed by atoms with Crippen molar-refractivity contribution in [2.75, 3.05) is 47.0 Å². The quantitative estimate of drug-likeness (QED) is 0.780. The Kier molecular flexibility index (Phi) is 4.92. The highest BCUT2D eigenvalue weighted by molar-refractivity contribution is 5.26. The van der Waals surface area contributed by atoms with Gasteiger partial charge >= 0.3 is 0 Å². The smallest absolute Gasteiger partial charge is 0.138 e. The van der Waals surface area contributed by atoms with Crippen LogP contribution < -0.4 is 10.1 Å². The average molecular weight is 251 g/mol. The Labute approximate surface area is 108 Å². The van der Waals surface area contributed by atoms with Crippen molar-refractivity contribution in [2.24, 2.45) is 0 Å². The van der Waals surface area contributed by atoms with E-state index in [1.165, 1.54) is 5.56 Å². The van der Waals surface area contributed by atoms with E-state index in [0.717, 1.165) is 25.4 Å². The van der Waals surface area contributed by atoms with E-state index in [0.29, 0.717) is 19.3 Å². The second-order valence-electron chi connectivity index (χ2n) is 4.50. The molecule has 1 aromatic heterocycles. The van der Waals surface area contributed by atoms with Crippen LogP contribution in [0.2, 0.25) is 0 Å². The number of aromatic nitrogens is 1. The van der Waals surface area contributed by atoms with Gasteiger partial charge < -0.3 is 14.8 Å². The van der Waals surface area contributed by atoms with Crippen LogP contribution in [-0.4, -0.2) is 56.9 Å². The molecular formula is C13H21N3O2. The van der Waals surface area contributed by atoms with E-state index in [4.69, 9.17) is 9.47 Å². The maximum atomic E-state index is 5.59. The van der Waals surface area contributed by atoms with Gasteiger partial charge in [-0.1, -0.05) is 0 Å². The molecule has 0 amide bonds. The summed E-state index contributed by atoms with van der Waals surface area (Å²) in [5.74, 6) is 0.809. The number of pyridine rings is 1. The van der Waals surface area contributed by atoms with Crippen molar-refractivity contribution in [3.8, 4) is 5.75 Å². The van der Waals surface area contributed by atoms with E-state index in [1.807, 2.05) is 6.20 Å². The van der Waals surface area contributed by atoms with Crippen LogP contribution in [0, 0.1) is 0 Å². The molecular weight excluding hydrogens is 230 g/mol. The van der Waals surface area contributed by atoms with E-state index in [-0.39, 0.29) is 0 Å². The first kappa shape index (κ1) is 13.3. The van der Waals surface area contributed by atoms with Gasteiger partial charge in [-0.15, -0.1) is 0 Å². The Bertz CT molecular complexity index is 373. The Morgan fingerprint density at radius 2 is 2.33 bits per heavy atom. The molecule has 1 aromatic rings. The molecule has 0 radical (unpaired) electrons. The predicted molar refractivity (Wildman–Crippen MR) is 69.8 cm³/mol. The maximum absolute atomic E-state index is 5.59. The molecule has 1 fully saturated rings. The summed E-state index contributed by atoms with van der Waals surface area (Å²) in [5.41, 5.74) is 1.19. The Morgan fingerprint density at radius 1 is 1.44 bits per heavy atom. The summed E-state index contributed by atoms with van der Waals surface area (Å²) in [7, 11) is 3.81. The molecule has 1 saturated heterocycles. The van der Waals surface area contributed by atoms with Crippen molar-refractivity contribution < 1.29 is 9.47 Å². The standard InChI is InChI=1S/C13H21N3O2/c1-16-4-3-14-10-13(16)11-7-12(9-15-8-11)18-6-5-17-2/h7-9,13-14H,3-6,10H2,1-2H3. The van der Waals surface area contributed by atoms with Crippen LogP contribution in [0.1, 0.15) is 11.6 Å². The molecule has 2 rings (SSSR count). The largest absolute Gasteiger partial charge is 0.490 e. The van der Waals surface area contributed by atoms with E-state index in [9.17, 15) is 0 Å². The van der Waals surface area contributed by atoms with Gasteiger partial charge in [0.15, 0.2) is 0 Å². The van der Waals surface area contributed by atoms with Gasteiger partial charge in [0.2, 0.25) is 0 Å². The molecule has 1 aliphatic rings. The summed E-state index contributed by atoms with van der Waals surface area (Å²) >= 11 is 0. The highest BCUT2D eigenvalue weighted by Gasteiger charge is 2.20. The molecule has 18 heavy (non-hydrogen) atoms. The van der Waals surface area contributed by atoms with Gasteiger partial charge in [-0.3, -0.25) is 9.88 Å². The summed E-state index contributed by atoms with van der Waals surface area (Å²) in [6.45, 7) is 4.21. The highest BCUT2D eigenvalue weighted by Crippen LogP contribution is 2.23. The number of ether oxygens (including phenoxy) is 2. The zero-order chi connectivity index (χ0) is 12.8. The van der Waals surface area contributed by atoms with Crippen LogP contribution >= 0.6 is 0 Å². The molecule has 1 atom stereocenters. The number of piperazine rings is 1. The molecule has 1 aliphatic heterocycles. The van der Waals surface area contributed by atoms with Gasteiger partial charge in [0.25, 0.3) is 0 Å². The minimum absolute atomic E-state index is 0.372. The Balaban J connectivity index is 2.01. The van der Waals surface area contributed by atoms with Gasteiger partial charge in [0.05, 0.1) is 12.8 Å². The fraction of sp³-hybridized carbons (Fsp3) is 0.615. The van der Waals surface area contributed by atoms with Crippen LogP contribution in [-0.2, 0) is 4.74 Å². The number of nitrogens with one attached hydrogen (secondary N) is 1. The third-order valence-electron chi connectivity index (χ3n) is 3.19. The molecule has 0 saturated carbocycles. The lowest BCUT2D eigenvalue weighted by molar-refractivity contribution is 0.145. The van der Waals surface area contributed by atoms with Crippen LogP contribution in [0.5, 0.6) is 5.75 Å². The fourth-order valence-electron chi connectivity index (χ4n) is 2.12. The lowest BCUT2D eigenvalue weighted by Crippen LogP contribution is -2.43. The van der Waals surface area contributed by atoms with E-state index in [2.05, 4.69) is 28.3 Å². The molecule has 5 heteroatoms. The lowest BCUT2D eigenvalue weighted by Gasteiger charge is -2.33. The first-order valence-corrected chi connectivity index (χ1v) is 6.29. The van der Waals surface area contributed by atoms with Crippen LogP contribution in [0.4, 0.5) is 0 Å². The first-order valence-electron chi connectivity index (χ1n) is 6.29. The highest BCUT2D eigenvalue weighted by atomic mass is 16.5. The molecule has 1 unspecified atom stereocenters. The zero-order valence-corrected chi connectivity index (χ0v) is 11.1. The predicted octanol–water partition coefficient (Wildman–Crippen LogP) is 0.683. The number of hydrogen-bond acceptors (Lipinski definition) is 5. The molecule has 0 spiro atoms. The van der Waals surface area contributed by atoms with Gasteiger partial charge in [-0.25, -0.2) is 0 Å². The van der Waals surface area contributed by atoms with Crippen molar-refractivity contribution in [3.05, 3.63) is 24.0 Å². The van der Waals surface area contributed by atoms with Gasteiger partial charge in [0, 0.05) is 39.0 Å². The number of rotatable bonds is 5. The van der Waals surface area contributed by atoms with Crippen LogP contribution in [0.25, 0.3) is 0 Å². The topological polar surface area (TPSA) is 46.6 Å². The molecule has 2 heterocycles. The molecule has 100 valence electrons. The zero-order valence-electron chi connectivity index (χ0n) is 11.1. The first-order chi connectivity index (χ1) is 8.81. The van der Waals surface area contributed by atoms with E-state index in [1.54, 1.807) is 13.3 Å². The van der Waals surface area contributed by atoms with Crippen LogP contribution in [0.15, 0.2) is 18.5 Å². The monoisotopic (exact) mass is 251 g/mol. The minimum Gasteiger partial charge on any atom is -0.490 e. The van der Waals surface area contributed by atoms with E-state index >= 15 is 0 Å². The number of nitrogens with zero attached hydrogens (tertiary/aromatic N) is 2. The average Bonchev–Trinajstić information content (AvgIpc) is 2.40. The number of hydrogen-bond donors (Lipinski definition) is 1. The van der Waals surface area contributed by atoms with Crippen LogP contribution in [0.3, 0.4) is 0 Å². The summed E-state index contributed by atoms with van der Waals surface area (Å²) in [5, 5.41) is 3.41. The summed E-state index contributed by atoms with van der Waals surface area (Å²) in [4.78, 5) is 6.59. The third kappa shape index (κ3) is 3.41. The van der Waals surface area contributed by atoms with Gasteiger partial charge in [-0.2, -0.15) is 0 Å². The van der Waals surface area contributed by atoms with Crippen molar-refractivity contribution in [2.45, 2.75) is 6.04 Å². The lowest BCUT2D eigenvalue weighted by atomic mass is 10.1. The van der Waals surface area contributed by atoms with Crippen molar-refractivity contribution in [1.82, 2.24) is 15.2 Å². The maximum Gasteiger partial charge on any atom is 0.138 e. The van der Waals surface area contributed by atoms with Crippen molar-refractivity contribution >= 4 is 0 Å². The molecule has 0 bridgehead atoms. The minimum atomic E-state index is 0.372. The molecule has 1 N–H and O–H groups in total. The summed E-state index contributed by atoms with van der Waals surface area (Å²) in [6, 6.07) is 2.44. The third-order valence-corrected chi connectivity index (χ3v) is 3.19. The molecule has 5 nitrogen and oxygen atoms in total. The second kappa shape index (κ2) is 6.68. The number of likely N-dealkylation sites (N-methyl/N-ethyl adjacent to an activating group) is 1. The van der Waals surface area contributed by atoms with Gasteiger partial charge in [0.1, 0.15) is 12.4 Å². The van der Waals surface area contributed by atoms with Gasteiger partial charge in [-0.05, 0) is 18.7 Å². The number of methoxy groups -OCH3 is 1. The fourth-order valence-corrected chi connectivity index (χ4v) is 2.12. The second-order valence-corrected chi connectivity index (χ2v) is 4.50. The normalized spacial score (nSPS) is 20.9. The Morgan fingerprint density at radius 3 is 3.11 bits per heavy atom. The van der Waals surface area contributed by atoms with E-state index < -0.39 is 0 Å². The molecule has 0 aromatic carbocycles. The summed E-state index contributed by atoms with van der Waals surface area (Å²) in [6.07, 6.45) is 3.66. The summed E-state index contributed by atoms with van der Waals surface area (Å²) < 4.78 is 10.6. The molecule has 0 aliphatic carbocycles. The van der Waals surface area contributed by atoms with Crippen molar-refractivity contribution in [1.29, 1.82) is 0 Å².